The summed E-state index contributed by atoms with van der Waals surface area (Å²) in [4.78, 5) is 145. The van der Waals surface area contributed by atoms with Crippen LogP contribution < -0.4 is 88.0 Å². The summed E-state index contributed by atoms with van der Waals surface area (Å²) in [6.07, 6.45) is 19.9. The van der Waals surface area contributed by atoms with Gasteiger partial charge in [0.25, 0.3) is 0 Å². The lowest BCUT2D eigenvalue weighted by molar-refractivity contribution is -0.144. The average molecular weight is 1280 g/mol. The molecule has 91 heavy (non-hydrogen) atoms. The molecule has 518 valence electrons. The fourth-order valence-electron chi connectivity index (χ4n) is 14.3. The topological polar surface area (TPSA) is 461 Å². The van der Waals surface area contributed by atoms with Gasteiger partial charge in [0.2, 0.25) is 59.1 Å². The molecule has 0 heterocycles. The first-order chi connectivity index (χ1) is 43.7. The Bertz CT molecular complexity index is 2350. The van der Waals surface area contributed by atoms with Crippen LogP contribution in [0.3, 0.4) is 0 Å². The van der Waals surface area contributed by atoms with Crippen molar-refractivity contribution in [1.82, 2.24) is 47.9 Å². The van der Waals surface area contributed by atoms with Crippen molar-refractivity contribution in [3.05, 3.63) is 0 Å². The Hall–Kier alpha value is -5.54. The number of primary amides is 1. The van der Waals surface area contributed by atoms with Crippen LogP contribution in [0.15, 0.2) is 0 Å². The van der Waals surface area contributed by atoms with Gasteiger partial charge in [-0.3, -0.25) is 47.9 Å². The molecular formula is C65H118N16O10. The van der Waals surface area contributed by atoms with Crippen molar-refractivity contribution in [2.24, 2.45) is 40.1 Å². The molecule has 23 N–H and O–H groups in total. The molecule has 0 spiro atoms. The van der Waals surface area contributed by atoms with E-state index in [0.717, 1.165) is 32.1 Å². The van der Waals surface area contributed by atoms with Crippen molar-refractivity contribution < 1.29 is 47.9 Å². The molecule has 0 aromatic rings. The summed E-state index contributed by atoms with van der Waals surface area (Å²) in [5.74, 6) is -5.64. The van der Waals surface area contributed by atoms with E-state index in [-0.39, 0.29) is 64.2 Å². The Morgan fingerprint density at radius 2 is 0.516 bits per heavy atom. The number of nitrogens with two attached hydrogens (primary N) is 7. The SMILES string of the molecule is NCCCC[C@H](NC(=O)[C@H](CCCCN)NC(=O)C1(NC(=O)C2(NC(=O)[C@H](CCCCN)NC(=O)C3(NC(=O)C4(NC(=O)[C@H](CCCCN)NC(=O)[C@@H](N)CCCCN)CCCCC4)CCCCC3)CCCCC2)CCCCC1)C(=O)NC1(C(N)=O)CCCCC1. The monoisotopic (exact) mass is 1280 g/mol. The van der Waals surface area contributed by atoms with Crippen LogP contribution in [-0.4, -0.2) is 150 Å². The Morgan fingerprint density at radius 3 is 0.813 bits per heavy atom. The molecule has 5 atom stereocenters. The van der Waals surface area contributed by atoms with Crippen LogP contribution in [0, 0.1) is 0 Å². The van der Waals surface area contributed by atoms with Crippen molar-refractivity contribution in [2.75, 3.05) is 32.7 Å². The predicted octanol–water partition coefficient (Wildman–Crippen LogP) is 1.48. The predicted molar refractivity (Wildman–Crippen MR) is 349 cm³/mol. The molecule has 5 fully saturated rings. The number of amides is 10. The van der Waals surface area contributed by atoms with Gasteiger partial charge in [0.15, 0.2) is 0 Å². The third kappa shape index (κ3) is 22.3. The average Bonchev–Trinajstić information content (AvgIpc) is 0.937. The van der Waals surface area contributed by atoms with Crippen LogP contribution in [0.4, 0.5) is 0 Å². The first-order valence-corrected chi connectivity index (χ1v) is 35.1. The molecule has 0 aromatic heterocycles. The van der Waals surface area contributed by atoms with Crippen LogP contribution in [0.5, 0.6) is 0 Å². The largest absolute Gasteiger partial charge is 0.368 e. The number of unbranched alkanes of at least 4 members (excludes halogenated alkanes) is 5. The minimum absolute atomic E-state index is 0.159. The van der Waals surface area contributed by atoms with Crippen molar-refractivity contribution in [3.8, 4) is 0 Å². The van der Waals surface area contributed by atoms with Crippen molar-refractivity contribution in [2.45, 2.75) is 315 Å². The molecule has 26 heteroatoms. The highest BCUT2D eigenvalue weighted by molar-refractivity contribution is 6.02. The van der Waals surface area contributed by atoms with Gasteiger partial charge in [-0.25, -0.2) is 0 Å². The summed E-state index contributed by atoms with van der Waals surface area (Å²) >= 11 is 0. The third-order valence-electron chi connectivity index (χ3n) is 20.1. The molecule has 10 amide bonds. The van der Waals surface area contributed by atoms with Crippen LogP contribution in [0.2, 0.25) is 0 Å². The van der Waals surface area contributed by atoms with E-state index in [1.54, 1.807) is 0 Å². The van der Waals surface area contributed by atoms with Gasteiger partial charge >= 0.3 is 0 Å². The Morgan fingerprint density at radius 1 is 0.275 bits per heavy atom. The van der Waals surface area contributed by atoms with Gasteiger partial charge in [0.1, 0.15) is 51.9 Å². The molecule has 0 aliphatic heterocycles. The molecule has 0 radical (unpaired) electrons. The van der Waals surface area contributed by atoms with E-state index in [9.17, 15) is 24.0 Å². The Balaban J connectivity index is 1.38. The quantitative estimate of drug-likeness (QED) is 0.0388. The lowest BCUT2D eigenvalue weighted by atomic mass is 9.76. The van der Waals surface area contributed by atoms with E-state index in [1.165, 1.54) is 0 Å². The summed E-state index contributed by atoms with van der Waals surface area (Å²) < 4.78 is 0. The molecule has 26 nitrogen and oxygen atoms in total. The van der Waals surface area contributed by atoms with Crippen LogP contribution in [-0.2, 0) is 47.9 Å². The van der Waals surface area contributed by atoms with Gasteiger partial charge in [-0.05, 0) is 187 Å². The molecular weight excluding hydrogens is 1160 g/mol. The summed E-state index contributed by atoms with van der Waals surface area (Å²) in [7, 11) is 0. The molecule has 0 saturated heterocycles. The van der Waals surface area contributed by atoms with E-state index in [2.05, 4.69) is 47.9 Å². The fourth-order valence-corrected chi connectivity index (χ4v) is 14.3. The van der Waals surface area contributed by atoms with Gasteiger partial charge in [-0.2, -0.15) is 0 Å². The zero-order valence-electron chi connectivity index (χ0n) is 54.8. The van der Waals surface area contributed by atoms with E-state index >= 15 is 24.0 Å². The lowest BCUT2D eigenvalue weighted by Gasteiger charge is -2.44. The minimum atomic E-state index is -1.50. The second-order valence-electron chi connectivity index (χ2n) is 27.2. The standard InChI is InChI=1S/C65H118N16O10/c66-41-21-6-26-46(71)51(82)73-48(28-8-23-43-68)54(85)78-64(37-17-4-18-38-64)59(90)81-63(35-15-3-16-36-63)58(89)76-50(30-10-25-45-70)55(86)79-65(39-19-5-20-40-65)60(91)80-62(33-13-2-14-34-62)57(88)75-47(27-7-22-42-67)52(83)74-49(29-9-24-44-69)53(84)77-61(56(72)87)31-11-1-12-32-61/h46-50H,1-45,66-71H2,(H2,72,87)(H,73,82)(H,74,83)(H,75,88)(H,76,89)(H,77,84)(H,78,85)(H,79,86)(H,80,91)(H,81,90)/t46-,47-,48-,49-,50-/m0/s1. The van der Waals surface area contributed by atoms with Crippen molar-refractivity contribution >= 4 is 59.1 Å². The number of nitrogens with one attached hydrogen (secondary N) is 9. The normalized spacial score (nSPS) is 20.7. The highest BCUT2D eigenvalue weighted by Gasteiger charge is 2.52. The Labute approximate surface area is 540 Å². The van der Waals surface area contributed by atoms with Gasteiger partial charge < -0.3 is 88.0 Å². The molecule has 5 aliphatic rings. The van der Waals surface area contributed by atoms with Crippen molar-refractivity contribution in [3.63, 3.8) is 0 Å². The second-order valence-corrected chi connectivity index (χ2v) is 27.2. The fraction of sp³-hybridized carbons (Fsp3) is 0.846. The maximum Gasteiger partial charge on any atom is 0.246 e. The minimum Gasteiger partial charge on any atom is -0.368 e. The first kappa shape index (κ1) is 76.2. The lowest BCUT2D eigenvalue weighted by Crippen LogP contribution is -2.71. The van der Waals surface area contributed by atoms with Gasteiger partial charge in [-0.1, -0.05) is 103 Å². The maximum absolute atomic E-state index is 15.4. The number of carbonyl (C=O) groups excluding carboxylic acids is 10. The van der Waals surface area contributed by atoms with Crippen molar-refractivity contribution in [1.29, 1.82) is 0 Å². The van der Waals surface area contributed by atoms with Gasteiger partial charge in [0.05, 0.1) is 6.04 Å². The van der Waals surface area contributed by atoms with E-state index < -0.39 is 117 Å². The first-order valence-electron chi connectivity index (χ1n) is 35.1. The number of hydrogen-bond donors (Lipinski definition) is 16. The number of rotatable bonds is 39. The second kappa shape index (κ2) is 38.6. The number of hydrogen-bond acceptors (Lipinski definition) is 16. The summed E-state index contributed by atoms with van der Waals surface area (Å²) in [5.41, 5.74) is 34.2. The van der Waals surface area contributed by atoms with E-state index in [0.29, 0.717) is 193 Å². The maximum atomic E-state index is 15.4. The molecule has 5 aliphatic carbocycles. The molecule has 0 aromatic carbocycles. The molecule has 5 saturated carbocycles. The van der Waals surface area contributed by atoms with Gasteiger partial charge in [-0.15, -0.1) is 0 Å². The third-order valence-corrected chi connectivity index (χ3v) is 20.1. The highest BCUT2D eigenvalue weighted by atomic mass is 16.2. The summed E-state index contributed by atoms with van der Waals surface area (Å²) in [6, 6.07) is -5.26. The molecule has 5 rings (SSSR count). The zero-order valence-corrected chi connectivity index (χ0v) is 54.8. The van der Waals surface area contributed by atoms with Crippen LogP contribution in [0.1, 0.15) is 257 Å². The number of carbonyl (C=O) groups is 10. The van der Waals surface area contributed by atoms with Gasteiger partial charge in [0, 0.05) is 0 Å². The smallest absolute Gasteiger partial charge is 0.246 e. The molecule has 0 bridgehead atoms. The van der Waals surface area contributed by atoms with E-state index in [4.69, 9.17) is 40.1 Å². The van der Waals surface area contributed by atoms with E-state index in [1.807, 2.05) is 0 Å². The van der Waals surface area contributed by atoms with Crippen LogP contribution in [0.25, 0.3) is 0 Å². The molecule has 0 unspecified atom stereocenters. The highest BCUT2D eigenvalue weighted by Crippen LogP contribution is 2.36. The van der Waals surface area contributed by atoms with Crippen LogP contribution >= 0.6 is 0 Å². The summed E-state index contributed by atoms with van der Waals surface area (Å²) in [5, 5.41) is 27.2. The zero-order chi connectivity index (χ0) is 66.3. The Kier molecular flexibility index (Phi) is 32.3. The summed E-state index contributed by atoms with van der Waals surface area (Å²) in [6.45, 7) is 1.87.